The van der Waals surface area contributed by atoms with Crippen LogP contribution in [0.25, 0.3) is 0 Å². The average Bonchev–Trinajstić information content (AvgIpc) is 2.81. The van der Waals surface area contributed by atoms with E-state index in [1.54, 1.807) is 0 Å². The summed E-state index contributed by atoms with van der Waals surface area (Å²) in [4.78, 5) is 27.5. The van der Waals surface area contributed by atoms with E-state index < -0.39 is 46.2 Å². The molecule has 0 aliphatic carbocycles. The summed E-state index contributed by atoms with van der Waals surface area (Å²) in [6.07, 6.45) is -2.80. The maximum absolute atomic E-state index is 13.4. The van der Waals surface area contributed by atoms with Gasteiger partial charge >= 0.3 is 6.18 Å². The smallest absolute Gasteiger partial charge is 0.352 e. The highest BCUT2D eigenvalue weighted by molar-refractivity contribution is 7.92. The van der Waals surface area contributed by atoms with Gasteiger partial charge in [0.25, 0.3) is 0 Å². The van der Waals surface area contributed by atoms with E-state index in [0.29, 0.717) is 23.2 Å². The van der Waals surface area contributed by atoms with Gasteiger partial charge < -0.3 is 10.2 Å². The molecule has 7 nitrogen and oxygen atoms in total. The Kier molecular flexibility index (Phi) is 9.92. The van der Waals surface area contributed by atoms with Crippen LogP contribution in [0.15, 0.2) is 54.6 Å². The van der Waals surface area contributed by atoms with Gasteiger partial charge in [0.2, 0.25) is 21.8 Å². The first kappa shape index (κ1) is 29.2. The third-order valence-electron chi connectivity index (χ3n) is 5.79. The van der Waals surface area contributed by atoms with Gasteiger partial charge in [0.05, 0.1) is 17.5 Å². The van der Waals surface area contributed by atoms with Crippen LogP contribution in [0.5, 0.6) is 0 Å². The number of anilines is 1. The monoisotopic (exact) mass is 527 g/mol. The zero-order valence-electron chi connectivity index (χ0n) is 20.7. The lowest BCUT2D eigenvalue weighted by Crippen LogP contribution is -2.53. The van der Waals surface area contributed by atoms with Crippen LogP contribution in [0.3, 0.4) is 0 Å². The molecule has 2 atom stereocenters. The van der Waals surface area contributed by atoms with Gasteiger partial charge in [-0.15, -0.1) is 0 Å². The standard InChI is InChI=1S/C25H32F3N3O4S/c1-5-18(2)29-24(33)19(3)30(15-14-20-10-7-6-8-11-20)23(32)17-31(36(4,34)35)22-13-9-12-21(16-22)25(26,27)28/h6-13,16,18-19H,5,14-15,17H2,1-4H3,(H,29,33)/t18-,19+/m1/s1. The number of carbonyl (C=O) groups is 2. The average molecular weight is 528 g/mol. The van der Waals surface area contributed by atoms with E-state index in [2.05, 4.69) is 5.32 Å². The van der Waals surface area contributed by atoms with E-state index in [0.717, 1.165) is 24.0 Å². The Morgan fingerprint density at radius 3 is 2.22 bits per heavy atom. The number of sulfonamides is 1. The first-order chi connectivity index (χ1) is 16.7. The molecule has 0 bridgehead atoms. The molecule has 0 saturated heterocycles. The van der Waals surface area contributed by atoms with Crippen LogP contribution in [0, 0.1) is 0 Å². The van der Waals surface area contributed by atoms with Gasteiger partial charge in [0, 0.05) is 12.6 Å². The molecule has 11 heteroatoms. The van der Waals surface area contributed by atoms with Crippen molar-refractivity contribution in [2.24, 2.45) is 0 Å². The second kappa shape index (κ2) is 12.2. The fraction of sp³-hybridized carbons (Fsp3) is 0.440. The quantitative estimate of drug-likeness (QED) is 0.481. The van der Waals surface area contributed by atoms with Crippen molar-refractivity contribution in [1.82, 2.24) is 10.2 Å². The maximum Gasteiger partial charge on any atom is 0.416 e. The topological polar surface area (TPSA) is 86.8 Å². The van der Waals surface area contributed by atoms with Crippen molar-refractivity contribution in [1.29, 1.82) is 0 Å². The molecule has 198 valence electrons. The predicted molar refractivity (Wildman–Crippen MR) is 133 cm³/mol. The van der Waals surface area contributed by atoms with Crippen molar-refractivity contribution >= 4 is 27.5 Å². The molecule has 0 fully saturated rings. The number of hydrogen-bond acceptors (Lipinski definition) is 4. The highest BCUT2D eigenvalue weighted by atomic mass is 32.2. The number of nitrogens with one attached hydrogen (secondary N) is 1. The van der Waals surface area contributed by atoms with Gasteiger partial charge in [-0.25, -0.2) is 8.42 Å². The van der Waals surface area contributed by atoms with Crippen LogP contribution in [-0.4, -0.2) is 56.6 Å². The molecule has 0 heterocycles. The van der Waals surface area contributed by atoms with Gasteiger partial charge in [-0.1, -0.05) is 43.3 Å². The molecular formula is C25H32F3N3O4S. The summed E-state index contributed by atoms with van der Waals surface area (Å²) in [5, 5.41) is 2.81. The summed E-state index contributed by atoms with van der Waals surface area (Å²) >= 11 is 0. The van der Waals surface area contributed by atoms with Crippen molar-refractivity contribution < 1.29 is 31.2 Å². The molecule has 0 aliphatic heterocycles. The van der Waals surface area contributed by atoms with E-state index in [9.17, 15) is 31.2 Å². The Balaban J connectivity index is 2.37. The Labute approximate surface area is 210 Å². The maximum atomic E-state index is 13.4. The van der Waals surface area contributed by atoms with Crippen LogP contribution < -0.4 is 9.62 Å². The molecule has 36 heavy (non-hydrogen) atoms. The van der Waals surface area contributed by atoms with Gasteiger partial charge in [-0.2, -0.15) is 13.2 Å². The largest absolute Gasteiger partial charge is 0.416 e. The third-order valence-corrected chi connectivity index (χ3v) is 6.93. The first-order valence-corrected chi connectivity index (χ1v) is 13.4. The lowest BCUT2D eigenvalue weighted by Gasteiger charge is -2.32. The Morgan fingerprint density at radius 1 is 1.03 bits per heavy atom. The van der Waals surface area contributed by atoms with Crippen molar-refractivity contribution in [3.63, 3.8) is 0 Å². The van der Waals surface area contributed by atoms with E-state index >= 15 is 0 Å². The van der Waals surface area contributed by atoms with E-state index in [1.807, 2.05) is 44.2 Å². The zero-order valence-corrected chi connectivity index (χ0v) is 21.6. The molecule has 2 aromatic rings. The van der Waals surface area contributed by atoms with Crippen LogP contribution in [0.4, 0.5) is 18.9 Å². The fourth-order valence-corrected chi connectivity index (χ4v) is 4.33. The third kappa shape index (κ3) is 8.25. The molecule has 2 rings (SSSR count). The molecule has 0 spiro atoms. The number of hydrogen-bond donors (Lipinski definition) is 1. The summed E-state index contributed by atoms with van der Waals surface area (Å²) in [6.45, 7) is 4.61. The lowest BCUT2D eigenvalue weighted by atomic mass is 10.1. The number of benzene rings is 2. The highest BCUT2D eigenvalue weighted by Crippen LogP contribution is 2.32. The number of alkyl halides is 3. The highest BCUT2D eigenvalue weighted by Gasteiger charge is 2.33. The van der Waals surface area contributed by atoms with Crippen LogP contribution in [0.1, 0.15) is 38.3 Å². The molecule has 0 aliphatic rings. The van der Waals surface area contributed by atoms with E-state index in [-0.39, 0.29) is 18.3 Å². The number of rotatable bonds is 11. The molecule has 1 N–H and O–H groups in total. The predicted octanol–water partition coefficient (Wildman–Crippen LogP) is 3.85. The van der Waals surface area contributed by atoms with E-state index in [1.165, 1.54) is 17.9 Å². The second-order valence-electron chi connectivity index (χ2n) is 8.63. The fourth-order valence-electron chi connectivity index (χ4n) is 3.49. The lowest BCUT2D eigenvalue weighted by molar-refractivity contribution is -0.139. The summed E-state index contributed by atoms with van der Waals surface area (Å²) in [6, 6.07) is 11.9. The van der Waals surface area contributed by atoms with Gasteiger partial charge in [0.1, 0.15) is 12.6 Å². The van der Waals surface area contributed by atoms with Crippen LogP contribution in [-0.2, 0) is 32.2 Å². The van der Waals surface area contributed by atoms with Gasteiger partial charge in [-0.05, 0) is 50.5 Å². The van der Waals surface area contributed by atoms with Crippen molar-refractivity contribution in [3.05, 3.63) is 65.7 Å². The molecule has 0 radical (unpaired) electrons. The van der Waals surface area contributed by atoms with Crippen LogP contribution >= 0.6 is 0 Å². The summed E-state index contributed by atoms with van der Waals surface area (Å²) in [7, 11) is -4.13. The van der Waals surface area contributed by atoms with Crippen molar-refractivity contribution in [3.8, 4) is 0 Å². The number of halogens is 3. The van der Waals surface area contributed by atoms with Crippen LogP contribution in [0.2, 0.25) is 0 Å². The summed E-state index contributed by atoms with van der Waals surface area (Å²) in [5.41, 5.74) is -0.425. The Morgan fingerprint density at radius 2 is 1.67 bits per heavy atom. The minimum atomic E-state index is -4.69. The Hall–Kier alpha value is -3.08. The molecule has 2 amide bonds. The first-order valence-electron chi connectivity index (χ1n) is 11.5. The second-order valence-corrected chi connectivity index (χ2v) is 10.5. The molecule has 0 saturated carbocycles. The molecular weight excluding hydrogens is 495 g/mol. The number of amides is 2. The molecule has 0 aromatic heterocycles. The minimum absolute atomic E-state index is 0.109. The van der Waals surface area contributed by atoms with Gasteiger partial charge in [-0.3, -0.25) is 13.9 Å². The summed E-state index contributed by atoms with van der Waals surface area (Å²) < 4.78 is 65.3. The summed E-state index contributed by atoms with van der Waals surface area (Å²) in [5.74, 6) is -1.11. The normalized spacial score (nSPS) is 13.5. The van der Waals surface area contributed by atoms with Crippen molar-refractivity contribution in [2.45, 2.75) is 51.9 Å². The number of carbonyl (C=O) groups excluding carboxylic acids is 2. The van der Waals surface area contributed by atoms with Crippen molar-refractivity contribution in [2.75, 3.05) is 23.7 Å². The van der Waals surface area contributed by atoms with Gasteiger partial charge in [0.15, 0.2) is 0 Å². The number of nitrogens with zero attached hydrogens (tertiary/aromatic N) is 2. The van der Waals surface area contributed by atoms with E-state index in [4.69, 9.17) is 0 Å². The SMILES string of the molecule is CC[C@@H](C)NC(=O)[C@H](C)N(CCc1ccccc1)C(=O)CN(c1cccc(C(F)(F)F)c1)S(C)(=O)=O. The molecule has 2 aromatic carbocycles. The Bertz CT molecular complexity index is 1140. The molecule has 0 unspecified atom stereocenters. The minimum Gasteiger partial charge on any atom is -0.352 e. The zero-order chi connectivity index (χ0) is 27.1.